The highest BCUT2D eigenvalue weighted by Gasteiger charge is 2.23. The van der Waals surface area contributed by atoms with E-state index in [4.69, 9.17) is 9.47 Å². The number of ether oxygens (including phenoxy) is 2. The molecule has 0 amide bonds. The van der Waals surface area contributed by atoms with Crippen molar-refractivity contribution >= 4 is 22.8 Å². The van der Waals surface area contributed by atoms with E-state index in [0.29, 0.717) is 22.9 Å². The number of hydrogen-bond donors (Lipinski definition) is 1. The van der Waals surface area contributed by atoms with Gasteiger partial charge in [0.15, 0.2) is 11.5 Å². The third kappa shape index (κ3) is 3.09. The second-order valence-corrected chi connectivity index (χ2v) is 6.08. The molecule has 8 nitrogen and oxygen atoms in total. The van der Waals surface area contributed by atoms with Crippen LogP contribution in [0.2, 0.25) is 0 Å². The van der Waals surface area contributed by atoms with Gasteiger partial charge in [0.1, 0.15) is 10.8 Å². The topological polar surface area (TPSA) is 99.4 Å². The van der Waals surface area contributed by atoms with Crippen LogP contribution in [0.1, 0.15) is 5.56 Å². The number of pyridine rings is 1. The molecule has 25 heavy (non-hydrogen) atoms. The fourth-order valence-electron chi connectivity index (χ4n) is 2.45. The van der Waals surface area contributed by atoms with Gasteiger partial charge in [0.25, 0.3) is 5.69 Å². The molecule has 0 radical (unpaired) electrons. The Morgan fingerprint density at radius 2 is 2.00 bits per heavy atom. The van der Waals surface area contributed by atoms with Gasteiger partial charge in [0, 0.05) is 29.9 Å². The van der Waals surface area contributed by atoms with Crippen LogP contribution in [0.5, 0.6) is 11.5 Å². The van der Waals surface area contributed by atoms with Crippen molar-refractivity contribution in [2.24, 2.45) is 0 Å². The number of nitrogens with zero attached hydrogens (tertiary/aromatic N) is 3. The predicted octanol–water partition coefficient (Wildman–Crippen LogP) is 3.45. The average Bonchev–Trinajstić information content (AvgIpc) is 3.28. The molecular formula is C16H12N4O4S. The second kappa shape index (κ2) is 6.36. The summed E-state index contributed by atoms with van der Waals surface area (Å²) in [6.07, 6.45) is 3.42. The smallest absolute Gasteiger partial charge is 0.278 e. The van der Waals surface area contributed by atoms with Crippen molar-refractivity contribution in [2.45, 2.75) is 6.54 Å². The first-order valence-corrected chi connectivity index (χ1v) is 8.25. The maximum Gasteiger partial charge on any atom is 0.278 e. The van der Waals surface area contributed by atoms with Crippen molar-refractivity contribution in [2.75, 3.05) is 12.1 Å². The number of fused-ring (bicyclic) bond motifs is 1. The summed E-state index contributed by atoms with van der Waals surface area (Å²) in [6, 6.07) is 6.78. The molecule has 9 heteroatoms. The molecule has 1 N–H and O–H groups in total. The molecule has 1 aliphatic rings. The van der Waals surface area contributed by atoms with E-state index >= 15 is 0 Å². The van der Waals surface area contributed by atoms with Crippen molar-refractivity contribution in [1.82, 2.24) is 9.97 Å². The van der Waals surface area contributed by atoms with E-state index in [1.807, 2.05) is 17.5 Å². The van der Waals surface area contributed by atoms with Gasteiger partial charge in [-0.25, -0.2) is 4.98 Å². The van der Waals surface area contributed by atoms with Gasteiger partial charge < -0.3 is 14.8 Å². The fraction of sp³-hybridized carbons (Fsp3) is 0.125. The maximum absolute atomic E-state index is 11.3. The molecule has 1 aliphatic heterocycles. The number of nitro benzene ring substituents is 1. The van der Waals surface area contributed by atoms with Gasteiger partial charge in [0.2, 0.25) is 6.79 Å². The molecular weight excluding hydrogens is 344 g/mol. The van der Waals surface area contributed by atoms with Crippen molar-refractivity contribution in [3.05, 3.63) is 57.7 Å². The summed E-state index contributed by atoms with van der Waals surface area (Å²) >= 11 is 1.49. The number of thiazole rings is 1. The fourth-order valence-corrected chi connectivity index (χ4v) is 3.24. The average molecular weight is 356 g/mol. The maximum atomic E-state index is 11.3. The van der Waals surface area contributed by atoms with Crippen LogP contribution in [0.4, 0.5) is 11.5 Å². The van der Waals surface area contributed by atoms with E-state index in [-0.39, 0.29) is 19.0 Å². The highest BCUT2D eigenvalue weighted by Crippen LogP contribution is 2.38. The lowest BCUT2D eigenvalue weighted by Gasteiger charge is -2.06. The first kappa shape index (κ1) is 15.3. The van der Waals surface area contributed by atoms with Crippen LogP contribution in [-0.4, -0.2) is 21.7 Å². The number of rotatable bonds is 5. The lowest BCUT2D eigenvalue weighted by molar-refractivity contribution is -0.385. The molecule has 0 saturated carbocycles. The quantitative estimate of drug-likeness (QED) is 0.552. The SMILES string of the molecule is O=[N+]([O-])c1cc2c(cc1CNc1csc(-c3ccncc3)n1)OCO2. The molecule has 0 unspecified atom stereocenters. The van der Waals surface area contributed by atoms with Crippen molar-refractivity contribution in [3.8, 4) is 22.1 Å². The Hall–Kier alpha value is -3.20. The monoisotopic (exact) mass is 356 g/mol. The van der Waals surface area contributed by atoms with E-state index in [1.165, 1.54) is 17.4 Å². The van der Waals surface area contributed by atoms with E-state index in [9.17, 15) is 10.1 Å². The van der Waals surface area contributed by atoms with Crippen LogP contribution in [-0.2, 0) is 6.54 Å². The normalized spacial score (nSPS) is 12.2. The lowest BCUT2D eigenvalue weighted by atomic mass is 10.1. The highest BCUT2D eigenvalue weighted by atomic mass is 32.1. The summed E-state index contributed by atoms with van der Waals surface area (Å²) in [6.45, 7) is 0.331. The Morgan fingerprint density at radius 3 is 2.76 bits per heavy atom. The zero-order valence-corrected chi connectivity index (χ0v) is 13.7. The van der Waals surface area contributed by atoms with Crippen molar-refractivity contribution in [1.29, 1.82) is 0 Å². The Labute approximate surface area is 146 Å². The van der Waals surface area contributed by atoms with Gasteiger partial charge in [-0.1, -0.05) is 0 Å². The van der Waals surface area contributed by atoms with Crippen LogP contribution in [0.3, 0.4) is 0 Å². The third-order valence-corrected chi connectivity index (χ3v) is 4.55. The van der Waals surface area contributed by atoms with Crippen molar-refractivity contribution in [3.63, 3.8) is 0 Å². The molecule has 2 aromatic heterocycles. The first-order chi connectivity index (χ1) is 12.2. The lowest BCUT2D eigenvalue weighted by Crippen LogP contribution is -2.03. The van der Waals surface area contributed by atoms with E-state index in [1.54, 1.807) is 18.5 Å². The van der Waals surface area contributed by atoms with Crippen LogP contribution in [0.15, 0.2) is 42.0 Å². The minimum Gasteiger partial charge on any atom is -0.454 e. The Kier molecular flexibility index (Phi) is 3.90. The number of aromatic nitrogens is 2. The largest absolute Gasteiger partial charge is 0.454 e. The number of hydrogen-bond acceptors (Lipinski definition) is 8. The van der Waals surface area contributed by atoms with E-state index in [2.05, 4.69) is 15.3 Å². The molecule has 0 fully saturated rings. The summed E-state index contributed by atoms with van der Waals surface area (Å²) in [5.41, 5.74) is 1.47. The summed E-state index contributed by atoms with van der Waals surface area (Å²) in [7, 11) is 0. The third-order valence-electron chi connectivity index (χ3n) is 3.66. The Balaban J connectivity index is 1.54. The standard InChI is InChI=1S/C16H12N4O4S/c21-20(22)12-6-14-13(23-9-24-14)5-11(12)7-18-15-8-25-16(19-15)10-1-3-17-4-2-10/h1-6,8,18H,7,9H2. The van der Waals surface area contributed by atoms with E-state index < -0.39 is 4.92 Å². The van der Waals surface area contributed by atoms with Gasteiger partial charge in [-0.2, -0.15) is 0 Å². The molecule has 1 aromatic carbocycles. The summed E-state index contributed by atoms with van der Waals surface area (Å²) < 4.78 is 10.5. The molecule has 4 rings (SSSR count). The minimum absolute atomic E-state index is 0.0127. The first-order valence-electron chi connectivity index (χ1n) is 7.37. The Bertz CT molecular complexity index is 929. The van der Waals surface area contributed by atoms with Gasteiger partial charge in [-0.3, -0.25) is 15.1 Å². The van der Waals surface area contributed by atoms with Crippen LogP contribution in [0, 0.1) is 10.1 Å². The van der Waals surface area contributed by atoms with Crippen LogP contribution >= 0.6 is 11.3 Å². The molecule has 0 bridgehead atoms. The summed E-state index contributed by atoms with van der Waals surface area (Å²) in [5.74, 6) is 1.56. The Morgan fingerprint density at radius 1 is 1.24 bits per heavy atom. The number of benzene rings is 1. The molecule has 0 atom stereocenters. The molecule has 0 saturated heterocycles. The van der Waals surface area contributed by atoms with Gasteiger partial charge in [-0.15, -0.1) is 11.3 Å². The van der Waals surface area contributed by atoms with Gasteiger partial charge in [0.05, 0.1) is 16.6 Å². The zero-order valence-electron chi connectivity index (χ0n) is 12.8. The van der Waals surface area contributed by atoms with Crippen LogP contribution in [0.25, 0.3) is 10.6 Å². The number of nitrogens with one attached hydrogen (secondary N) is 1. The second-order valence-electron chi connectivity index (χ2n) is 5.22. The van der Waals surface area contributed by atoms with E-state index in [0.717, 1.165) is 10.6 Å². The molecule has 126 valence electrons. The van der Waals surface area contributed by atoms with Gasteiger partial charge in [-0.05, 0) is 18.2 Å². The summed E-state index contributed by atoms with van der Waals surface area (Å²) in [4.78, 5) is 19.3. The number of anilines is 1. The zero-order chi connectivity index (χ0) is 17.2. The van der Waals surface area contributed by atoms with Gasteiger partial charge >= 0.3 is 0 Å². The molecule has 0 spiro atoms. The summed E-state index contributed by atoms with van der Waals surface area (Å²) in [5, 5.41) is 17.1. The molecule has 3 heterocycles. The minimum atomic E-state index is -0.428. The highest BCUT2D eigenvalue weighted by molar-refractivity contribution is 7.13. The molecule has 3 aromatic rings. The predicted molar refractivity (Wildman–Crippen MR) is 91.9 cm³/mol. The number of nitro groups is 1. The van der Waals surface area contributed by atoms with Crippen LogP contribution < -0.4 is 14.8 Å². The molecule has 0 aliphatic carbocycles. The van der Waals surface area contributed by atoms with Crippen molar-refractivity contribution < 1.29 is 14.4 Å².